The molecule has 0 aliphatic carbocycles. The summed E-state index contributed by atoms with van der Waals surface area (Å²) in [7, 11) is 0. The van der Waals surface area contributed by atoms with Crippen molar-refractivity contribution in [3.63, 3.8) is 0 Å². The Morgan fingerprint density at radius 1 is 0.464 bits per heavy atom. The van der Waals surface area contributed by atoms with Crippen LogP contribution in [0.4, 0.5) is 0 Å². The molecule has 1 nitrogen and oxygen atoms in total. The molecule has 28 heavy (non-hydrogen) atoms. The van der Waals surface area contributed by atoms with Gasteiger partial charge < -0.3 is 4.74 Å². The van der Waals surface area contributed by atoms with Crippen LogP contribution >= 0.6 is 0 Å². The van der Waals surface area contributed by atoms with Gasteiger partial charge in [0.25, 0.3) is 0 Å². The van der Waals surface area contributed by atoms with E-state index in [4.69, 9.17) is 4.74 Å². The number of aryl methyl sites for hydroxylation is 3. The van der Waals surface area contributed by atoms with Gasteiger partial charge in [-0.25, -0.2) is 0 Å². The van der Waals surface area contributed by atoms with Crippen LogP contribution in [0.5, 0.6) is 11.5 Å². The molecule has 0 atom stereocenters. The predicted molar refractivity (Wildman–Crippen MR) is 118 cm³/mol. The molecule has 4 rings (SSSR count). The van der Waals surface area contributed by atoms with Gasteiger partial charge in [0, 0.05) is 0 Å². The van der Waals surface area contributed by atoms with E-state index in [0.717, 1.165) is 22.6 Å². The van der Waals surface area contributed by atoms with E-state index < -0.39 is 0 Å². The van der Waals surface area contributed by atoms with Crippen molar-refractivity contribution >= 4 is 0 Å². The summed E-state index contributed by atoms with van der Waals surface area (Å²) in [5.74, 6) is 1.79. The Morgan fingerprint density at radius 3 is 1.68 bits per heavy atom. The van der Waals surface area contributed by atoms with Crippen molar-refractivity contribution in [3.8, 4) is 33.8 Å². The summed E-state index contributed by atoms with van der Waals surface area (Å²) in [5.41, 5.74) is 8.45. The van der Waals surface area contributed by atoms with Gasteiger partial charge in [-0.1, -0.05) is 66.7 Å². The summed E-state index contributed by atoms with van der Waals surface area (Å²) in [6.45, 7) is 6.34. The zero-order chi connectivity index (χ0) is 19.5. The first-order chi connectivity index (χ1) is 13.6. The smallest absolute Gasteiger partial charge is 0.130 e. The maximum absolute atomic E-state index is 6.25. The molecule has 0 fully saturated rings. The van der Waals surface area contributed by atoms with Crippen molar-refractivity contribution in [2.45, 2.75) is 20.8 Å². The number of benzene rings is 4. The van der Waals surface area contributed by atoms with E-state index in [2.05, 4.69) is 106 Å². The summed E-state index contributed by atoms with van der Waals surface area (Å²) in [6, 6.07) is 31.7. The van der Waals surface area contributed by atoms with Gasteiger partial charge in [0.1, 0.15) is 11.5 Å². The van der Waals surface area contributed by atoms with Crippen molar-refractivity contribution in [3.05, 3.63) is 108 Å². The molecule has 0 N–H and O–H groups in total. The van der Waals surface area contributed by atoms with Gasteiger partial charge in [0.15, 0.2) is 0 Å². The van der Waals surface area contributed by atoms with Gasteiger partial charge in [-0.3, -0.25) is 0 Å². The standard InChI is InChI=1S/C27H24O/c1-19-9-7-8-12-25(19)24-14-16-27(21(3)18-24)28-26-15-13-23(17-20(26)2)22-10-5-4-6-11-22/h4-18H,1-3H3. The minimum absolute atomic E-state index is 0.895. The highest BCUT2D eigenvalue weighted by Crippen LogP contribution is 2.33. The first kappa shape index (κ1) is 18.1. The van der Waals surface area contributed by atoms with Crippen LogP contribution in [0.25, 0.3) is 22.3 Å². The zero-order valence-electron chi connectivity index (χ0n) is 16.6. The Bertz CT molecular complexity index is 1110. The molecule has 0 amide bonds. The van der Waals surface area contributed by atoms with Gasteiger partial charge in [-0.15, -0.1) is 0 Å². The maximum atomic E-state index is 6.25. The SMILES string of the molecule is Cc1cc(-c2ccccc2)ccc1Oc1ccc(-c2ccccc2C)cc1C. The second kappa shape index (κ2) is 7.74. The van der Waals surface area contributed by atoms with Crippen LogP contribution in [-0.4, -0.2) is 0 Å². The average Bonchev–Trinajstić information content (AvgIpc) is 2.72. The summed E-state index contributed by atoms with van der Waals surface area (Å²) < 4.78 is 6.25. The minimum atomic E-state index is 0.895. The van der Waals surface area contributed by atoms with Crippen LogP contribution < -0.4 is 4.74 Å². The molecule has 0 saturated heterocycles. The molecule has 0 spiro atoms. The Morgan fingerprint density at radius 2 is 1.04 bits per heavy atom. The van der Waals surface area contributed by atoms with E-state index in [9.17, 15) is 0 Å². The van der Waals surface area contributed by atoms with Crippen molar-refractivity contribution in [1.29, 1.82) is 0 Å². The molecule has 0 aliphatic rings. The monoisotopic (exact) mass is 364 g/mol. The molecular formula is C27H24O. The molecule has 4 aromatic rings. The van der Waals surface area contributed by atoms with Crippen molar-refractivity contribution < 1.29 is 4.74 Å². The molecule has 0 aromatic heterocycles. The maximum Gasteiger partial charge on any atom is 0.130 e. The lowest BCUT2D eigenvalue weighted by Gasteiger charge is -2.14. The third-order valence-corrected chi connectivity index (χ3v) is 5.13. The zero-order valence-corrected chi connectivity index (χ0v) is 16.6. The number of hydrogen-bond donors (Lipinski definition) is 0. The van der Waals surface area contributed by atoms with Crippen LogP contribution in [-0.2, 0) is 0 Å². The lowest BCUT2D eigenvalue weighted by atomic mass is 9.99. The Kier molecular flexibility index (Phi) is 4.99. The van der Waals surface area contributed by atoms with E-state index in [-0.39, 0.29) is 0 Å². The molecule has 1 heteroatoms. The van der Waals surface area contributed by atoms with E-state index in [0.29, 0.717) is 0 Å². The van der Waals surface area contributed by atoms with Crippen molar-refractivity contribution in [2.75, 3.05) is 0 Å². The Labute approximate surface area is 167 Å². The molecule has 0 bridgehead atoms. The first-order valence-electron chi connectivity index (χ1n) is 9.62. The minimum Gasteiger partial charge on any atom is -0.457 e. The highest BCUT2D eigenvalue weighted by molar-refractivity contribution is 5.69. The summed E-state index contributed by atoms with van der Waals surface area (Å²) >= 11 is 0. The number of hydrogen-bond acceptors (Lipinski definition) is 1. The largest absolute Gasteiger partial charge is 0.457 e. The fourth-order valence-electron chi connectivity index (χ4n) is 3.52. The summed E-state index contributed by atoms with van der Waals surface area (Å²) in [5, 5.41) is 0. The summed E-state index contributed by atoms with van der Waals surface area (Å²) in [4.78, 5) is 0. The molecule has 0 unspecified atom stereocenters. The highest BCUT2D eigenvalue weighted by atomic mass is 16.5. The van der Waals surface area contributed by atoms with E-state index in [1.54, 1.807) is 0 Å². The molecule has 0 saturated carbocycles. The lowest BCUT2D eigenvalue weighted by Crippen LogP contribution is -1.92. The second-order valence-corrected chi connectivity index (χ2v) is 7.24. The second-order valence-electron chi connectivity index (χ2n) is 7.24. The number of ether oxygens (including phenoxy) is 1. The highest BCUT2D eigenvalue weighted by Gasteiger charge is 2.09. The molecule has 138 valence electrons. The van der Waals surface area contributed by atoms with E-state index in [1.807, 2.05) is 6.07 Å². The van der Waals surface area contributed by atoms with E-state index >= 15 is 0 Å². The third-order valence-electron chi connectivity index (χ3n) is 5.13. The van der Waals surface area contributed by atoms with Gasteiger partial charge in [0.05, 0.1) is 0 Å². The van der Waals surface area contributed by atoms with Crippen LogP contribution in [0, 0.1) is 20.8 Å². The van der Waals surface area contributed by atoms with E-state index in [1.165, 1.54) is 27.8 Å². The molecule has 0 heterocycles. The third kappa shape index (κ3) is 3.70. The topological polar surface area (TPSA) is 9.23 Å². The van der Waals surface area contributed by atoms with Crippen LogP contribution in [0.3, 0.4) is 0 Å². The first-order valence-corrected chi connectivity index (χ1v) is 9.62. The lowest BCUT2D eigenvalue weighted by molar-refractivity contribution is 0.475. The normalized spacial score (nSPS) is 10.7. The average molecular weight is 364 g/mol. The van der Waals surface area contributed by atoms with Crippen LogP contribution in [0.15, 0.2) is 91.0 Å². The van der Waals surface area contributed by atoms with Crippen molar-refractivity contribution in [2.24, 2.45) is 0 Å². The van der Waals surface area contributed by atoms with Crippen LogP contribution in [0.1, 0.15) is 16.7 Å². The molecule has 4 aromatic carbocycles. The van der Waals surface area contributed by atoms with Crippen LogP contribution in [0.2, 0.25) is 0 Å². The van der Waals surface area contributed by atoms with Crippen molar-refractivity contribution in [1.82, 2.24) is 0 Å². The van der Waals surface area contributed by atoms with Gasteiger partial charge in [0.2, 0.25) is 0 Å². The number of rotatable bonds is 4. The Balaban J connectivity index is 1.60. The molecule has 0 radical (unpaired) electrons. The fraction of sp³-hybridized carbons (Fsp3) is 0.111. The molecule has 0 aliphatic heterocycles. The summed E-state index contributed by atoms with van der Waals surface area (Å²) in [6.07, 6.45) is 0. The fourth-order valence-corrected chi connectivity index (χ4v) is 3.52. The van der Waals surface area contributed by atoms with Gasteiger partial charge in [-0.2, -0.15) is 0 Å². The predicted octanol–water partition coefficient (Wildman–Crippen LogP) is 7.74. The molecular weight excluding hydrogens is 340 g/mol. The van der Waals surface area contributed by atoms with Gasteiger partial charge >= 0.3 is 0 Å². The quantitative estimate of drug-likeness (QED) is 0.360. The Hall–Kier alpha value is -3.32. The van der Waals surface area contributed by atoms with Gasteiger partial charge in [-0.05, 0) is 84.0 Å².